The molecule has 0 aliphatic rings. The van der Waals surface area contributed by atoms with Crippen molar-refractivity contribution in [1.82, 2.24) is 5.43 Å². The van der Waals surface area contributed by atoms with Crippen LogP contribution in [0.25, 0.3) is 0 Å². The summed E-state index contributed by atoms with van der Waals surface area (Å²) in [7, 11) is 1.51. The van der Waals surface area contributed by atoms with Crippen LogP contribution in [0.1, 0.15) is 31.8 Å². The Kier molecular flexibility index (Phi) is 6.44. The molecule has 0 aliphatic heterocycles. The number of ether oxygens (including phenoxy) is 1. The number of carbonyl (C=O) groups is 2. The molecule has 0 heterocycles. The molecular weight excluding hydrogens is 382 g/mol. The lowest BCUT2D eigenvalue weighted by Crippen LogP contribution is -2.18. The molecule has 3 rings (SSSR count). The summed E-state index contributed by atoms with van der Waals surface area (Å²) in [6.45, 7) is 1.95. The minimum atomic E-state index is -0.458. The van der Waals surface area contributed by atoms with Crippen molar-refractivity contribution >= 4 is 23.7 Å². The number of rotatable bonds is 6. The summed E-state index contributed by atoms with van der Waals surface area (Å²) < 4.78 is 5.09. The second-order valence-electron chi connectivity index (χ2n) is 6.52. The highest BCUT2D eigenvalue weighted by atomic mass is 16.5. The molecule has 0 atom stereocenters. The zero-order chi connectivity index (χ0) is 21.5. The van der Waals surface area contributed by atoms with E-state index in [0.29, 0.717) is 28.1 Å². The van der Waals surface area contributed by atoms with Crippen LogP contribution in [0, 0.1) is 6.92 Å². The van der Waals surface area contributed by atoms with Crippen LogP contribution in [-0.2, 0) is 0 Å². The van der Waals surface area contributed by atoms with Crippen LogP contribution >= 0.6 is 0 Å². The summed E-state index contributed by atoms with van der Waals surface area (Å²) in [5.74, 6) is -0.161. The monoisotopic (exact) mass is 403 g/mol. The average molecular weight is 403 g/mol. The van der Waals surface area contributed by atoms with E-state index in [1.807, 2.05) is 19.1 Å². The lowest BCUT2D eigenvalue weighted by molar-refractivity contribution is 0.0953. The Morgan fingerprint density at radius 2 is 1.73 bits per heavy atom. The second kappa shape index (κ2) is 9.38. The number of phenols is 1. The molecule has 30 heavy (non-hydrogen) atoms. The fourth-order valence-corrected chi connectivity index (χ4v) is 2.63. The number of nitrogens with zero attached hydrogens (tertiary/aromatic N) is 1. The maximum atomic E-state index is 12.4. The Balaban J connectivity index is 1.66. The molecule has 2 amide bonds. The third kappa shape index (κ3) is 5.23. The Morgan fingerprint density at radius 3 is 2.47 bits per heavy atom. The van der Waals surface area contributed by atoms with Crippen LogP contribution in [0.5, 0.6) is 11.5 Å². The number of anilines is 1. The first kappa shape index (κ1) is 20.6. The van der Waals surface area contributed by atoms with Crippen molar-refractivity contribution in [3.05, 3.63) is 89.0 Å². The topological polar surface area (TPSA) is 100 Å². The van der Waals surface area contributed by atoms with Gasteiger partial charge in [-0.05, 0) is 55.5 Å². The number of amides is 2. The van der Waals surface area contributed by atoms with Gasteiger partial charge in [0, 0.05) is 22.4 Å². The number of nitrogens with one attached hydrogen (secondary N) is 2. The van der Waals surface area contributed by atoms with Gasteiger partial charge in [-0.25, -0.2) is 5.43 Å². The van der Waals surface area contributed by atoms with Crippen molar-refractivity contribution in [3.63, 3.8) is 0 Å². The highest BCUT2D eigenvalue weighted by Crippen LogP contribution is 2.21. The molecule has 3 N–H and O–H groups in total. The van der Waals surface area contributed by atoms with E-state index in [-0.39, 0.29) is 11.7 Å². The third-order valence-electron chi connectivity index (χ3n) is 4.30. The molecule has 0 aromatic heterocycles. The predicted octanol–water partition coefficient (Wildman–Crippen LogP) is 3.73. The molecule has 152 valence electrons. The van der Waals surface area contributed by atoms with E-state index in [1.165, 1.54) is 19.4 Å². The highest BCUT2D eigenvalue weighted by molar-refractivity contribution is 6.05. The minimum Gasteiger partial charge on any atom is -0.507 e. The van der Waals surface area contributed by atoms with Gasteiger partial charge in [-0.15, -0.1) is 0 Å². The number of hydrogen-bond acceptors (Lipinski definition) is 5. The van der Waals surface area contributed by atoms with Crippen molar-refractivity contribution in [1.29, 1.82) is 0 Å². The molecule has 0 bridgehead atoms. The number of hydrogen-bond donors (Lipinski definition) is 3. The molecule has 3 aromatic rings. The van der Waals surface area contributed by atoms with Gasteiger partial charge >= 0.3 is 0 Å². The molecule has 7 heteroatoms. The molecule has 3 aromatic carbocycles. The standard InChI is InChI=1S/C23H21N3O4/c1-15-6-8-16(9-7-15)22(28)25-19-5-3-4-17(12-19)23(29)26-24-14-18-13-20(30-2)10-11-21(18)27/h3-14,27H,1-2H3,(H,25,28)(H,26,29)/b24-14+. The van der Waals surface area contributed by atoms with E-state index in [0.717, 1.165) is 5.56 Å². The number of phenolic OH excluding ortho intramolecular Hbond substituents is 1. The molecule has 0 saturated carbocycles. The van der Waals surface area contributed by atoms with Gasteiger partial charge in [0.15, 0.2) is 0 Å². The summed E-state index contributed by atoms with van der Waals surface area (Å²) in [6, 6.07) is 18.4. The van der Waals surface area contributed by atoms with Crippen molar-refractivity contribution in [2.45, 2.75) is 6.92 Å². The number of benzene rings is 3. The lowest BCUT2D eigenvalue weighted by Gasteiger charge is -2.07. The molecule has 7 nitrogen and oxygen atoms in total. The number of aryl methyl sites for hydroxylation is 1. The first-order chi connectivity index (χ1) is 14.5. The number of carbonyl (C=O) groups excluding carboxylic acids is 2. The quantitative estimate of drug-likeness (QED) is 0.431. The molecule has 0 unspecified atom stereocenters. The molecule has 0 fully saturated rings. The third-order valence-corrected chi connectivity index (χ3v) is 4.30. The summed E-state index contributed by atoms with van der Waals surface area (Å²) in [6.07, 6.45) is 1.32. The largest absolute Gasteiger partial charge is 0.507 e. The van der Waals surface area contributed by atoms with E-state index in [2.05, 4.69) is 15.8 Å². The van der Waals surface area contributed by atoms with Crippen LogP contribution in [0.4, 0.5) is 5.69 Å². The Hall–Kier alpha value is -4.13. The predicted molar refractivity (Wildman–Crippen MR) is 115 cm³/mol. The van der Waals surface area contributed by atoms with E-state index in [4.69, 9.17) is 4.74 Å². The smallest absolute Gasteiger partial charge is 0.271 e. The summed E-state index contributed by atoms with van der Waals surface area (Å²) >= 11 is 0. The number of methoxy groups -OCH3 is 1. The van der Waals surface area contributed by atoms with E-state index in [1.54, 1.807) is 48.5 Å². The van der Waals surface area contributed by atoms with E-state index in [9.17, 15) is 14.7 Å². The highest BCUT2D eigenvalue weighted by Gasteiger charge is 2.09. The zero-order valence-corrected chi connectivity index (χ0v) is 16.5. The van der Waals surface area contributed by atoms with Crippen LogP contribution < -0.4 is 15.5 Å². The summed E-state index contributed by atoms with van der Waals surface area (Å²) in [5, 5.41) is 16.5. The molecular formula is C23H21N3O4. The fourth-order valence-electron chi connectivity index (χ4n) is 2.63. The van der Waals surface area contributed by atoms with Gasteiger partial charge in [-0.1, -0.05) is 23.8 Å². The van der Waals surface area contributed by atoms with Gasteiger partial charge in [-0.2, -0.15) is 5.10 Å². The van der Waals surface area contributed by atoms with E-state index < -0.39 is 5.91 Å². The fraction of sp³-hybridized carbons (Fsp3) is 0.0870. The van der Waals surface area contributed by atoms with Crippen molar-refractivity contribution in [2.24, 2.45) is 5.10 Å². The van der Waals surface area contributed by atoms with Crippen LogP contribution in [0.3, 0.4) is 0 Å². The Bertz CT molecular complexity index is 1090. The van der Waals surface area contributed by atoms with Crippen LogP contribution in [0.15, 0.2) is 71.8 Å². The number of aromatic hydroxyl groups is 1. The average Bonchev–Trinajstić information content (AvgIpc) is 2.75. The minimum absolute atomic E-state index is 0.00890. The molecule has 0 saturated heterocycles. The first-order valence-corrected chi connectivity index (χ1v) is 9.15. The summed E-state index contributed by atoms with van der Waals surface area (Å²) in [5.41, 5.74) is 5.19. The van der Waals surface area contributed by atoms with Crippen molar-refractivity contribution in [2.75, 3.05) is 12.4 Å². The maximum Gasteiger partial charge on any atom is 0.271 e. The molecule has 0 radical (unpaired) electrons. The SMILES string of the molecule is COc1ccc(O)c(/C=N/NC(=O)c2cccc(NC(=O)c3ccc(C)cc3)c2)c1. The van der Waals surface area contributed by atoms with Crippen molar-refractivity contribution < 1.29 is 19.4 Å². The van der Waals surface area contributed by atoms with Crippen LogP contribution in [-0.4, -0.2) is 30.2 Å². The normalized spacial score (nSPS) is 10.6. The molecule has 0 aliphatic carbocycles. The van der Waals surface area contributed by atoms with E-state index >= 15 is 0 Å². The zero-order valence-electron chi connectivity index (χ0n) is 16.5. The van der Waals surface area contributed by atoms with Gasteiger partial charge < -0.3 is 15.2 Å². The van der Waals surface area contributed by atoms with Gasteiger partial charge in [-0.3, -0.25) is 9.59 Å². The maximum absolute atomic E-state index is 12.4. The Labute approximate surface area is 174 Å². The second-order valence-corrected chi connectivity index (χ2v) is 6.52. The molecule has 0 spiro atoms. The van der Waals surface area contributed by atoms with Gasteiger partial charge in [0.05, 0.1) is 13.3 Å². The van der Waals surface area contributed by atoms with Crippen molar-refractivity contribution in [3.8, 4) is 11.5 Å². The van der Waals surface area contributed by atoms with Gasteiger partial charge in [0.25, 0.3) is 11.8 Å². The van der Waals surface area contributed by atoms with Gasteiger partial charge in [0.1, 0.15) is 11.5 Å². The first-order valence-electron chi connectivity index (χ1n) is 9.15. The van der Waals surface area contributed by atoms with Crippen LogP contribution in [0.2, 0.25) is 0 Å². The Morgan fingerprint density at radius 1 is 0.967 bits per heavy atom. The lowest BCUT2D eigenvalue weighted by atomic mass is 10.1. The van der Waals surface area contributed by atoms with Gasteiger partial charge in [0.2, 0.25) is 0 Å². The number of hydrazone groups is 1. The summed E-state index contributed by atoms with van der Waals surface area (Å²) in [4.78, 5) is 24.7.